The number of rotatable bonds is 4. The second-order valence-corrected chi connectivity index (χ2v) is 5.86. The van der Waals surface area contributed by atoms with E-state index < -0.39 is 11.9 Å². The number of benzene rings is 1. The van der Waals surface area contributed by atoms with Crippen molar-refractivity contribution < 1.29 is 19.4 Å². The van der Waals surface area contributed by atoms with Crippen LogP contribution in [-0.4, -0.2) is 42.1 Å². The van der Waals surface area contributed by atoms with Crippen molar-refractivity contribution in [2.24, 2.45) is 17.8 Å². The van der Waals surface area contributed by atoms with Gasteiger partial charge in [0.15, 0.2) is 0 Å². The molecule has 5 nitrogen and oxygen atoms in total. The largest absolute Gasteiger partial charge is 0.496 e. The maximum atomic E-state index is 12.6. The van der Waals surface area contributed by atoms with Crippen LogP contribution < -0.4 is 4.74 Å². The highest BCUT2D eigenvalue weighted by molar-refractivity contribution is 5.97. The van der Waals surface area contributed by atoms with E-state index in [1.54, 1.807) is 23.1 Å². The van der Waals surface area contributed by atoms with E-state index in [9.17, 15) is 14.7 Å². The molecule has 0 bridgehead atoms. The van der Waals surface area contributed by atoms with E-state index in [0.717, 1.165) is 12.8 Å². The molecule has 0 radical (unpaired) electrons. The minimum Gasteiger partial charge on any atom is -0.496 e. The number of ether oxygens (including phenoxy) is 1. The normalized spacial score (nSPS) is 24.9. The molecule has 2 aliphatic rings. The minimum atomic E-state index is -0.790. The predicted octanol–water partition coefficient (Wildman–Crippen LogP) is 1.88. The van der Waals surface area contributed by atoms with E-state index in [1.807, 2.05) is 6.07 Å². The molecule has 2 fully saturated rings. The predicted molar refractivity (Wildman–Crippen MR) is 76.2 cm³/mol. The van der Waals surface area contributed by atoms with Gasteiger partial charge >= 0.3 is 5.97 Å². The number of amides is 1. The lowest BCUT2D eigenvalue weighted by atomic mass is 9.92. The average Bonchev–Trinajstić information content (AvgIpc) is 3.24. The highest BCUT2D eigenvalue weighted by Crippen LogP contribution is 2.44. The Morgan fingerprint density at radius 1 is 1.24 bits per heavy atom. The smallest absolute Gasteiger partial charge is 0.308 e. The number of carboxylic acid groups (broad SMARTS) is 1. The summed E-state index contributed by atoms with van der Waals surface area (Å²) in [7, 11) is 1.53. The maximum Gasteiger partial charge on any atom is 0.308 e. The van der Waals surface area contributed by atoms with E-state index in [4.69, 9.17) is 4.74 Å². The molecule has 21 heavy (non-hydrogen) atoms. The van der Waals surface area contributed by atoms with Gasteiger partial charge in [0.25, 0.3) is 5.91 Å². The molecule has 1 saturated heterocycles. The third-order valence-corrected chi connectivity index (χ3v) is 4.53. The summed E-state index contributed by atoms with van der Waals surface area (Å²) in [5.74, 6) is -0.257. The molecule has 0 aromatic heterocycles. The van der Waals surface area contributed by atoms with Crippen LogP contribution >= 0.6 is 0 Å². The highest BCUT2D eigenvalue weighted by Gasteiger charge is 2.47. The van der Waals surface area contributed by atoms with Gasteiger partial charge in [-0.15, -0.1) is 0 Å². The summed E-state index contributed by atoms with van der Waals surface area (Å²) in [4.78, 5) is 25.7. The summed E-state index contributed by atoms with van der Waals surface area (Å²) < 4.78 is 5.22. The summed E-state index contributed by atoms with van der Waals surface area (Å²) in [5, 5.41) is 9.37. The first kappa shape index (κ1) is 13.9. The van der Waals surface area contributed by atoms with Crippen LogP contribution in [0, 0.1) is 17.8 Å². The molecular formula is C16H19NO4. The molecule has 112 valence electrons. The number of hydrogen-bond acceptors (Lipinski definition) is 3. The van der Waals surface area contributed by atoms with Crippen molar-refractivity contribution in [2.45, 2.75) is 12.8 Å². The van der Waals surface area contributed by atoms with Crippen LogP contribution in [0.15, 0.2) is 24.3 Å². The number of nitrogens with zero attached hydrogens (tertiary/aromatic N) is 1. The van der Waals surface area contributed by atoms with Gasteiger partial charge < -0.3 is 14.7 Å². The lowest BCUT2D eigenvalue weighted by Crippen LogP contribution is -2.30. The van der Waals surface area contributed by atoms with Gasteiger partial charge in [0.2, 0.25) is 0 Å². The zero-order valence-corrected chi connectivity index (χ0v) is 12.0. The molecule has 1 aliphatic heterocycles. The quantitative estimate of drug-likeness (QED) is 0.919. The van der Waals surface area contributed by atoms with Crippen LogP contribution in [0.5, 0.6) is 5.75 Å². The zero-order chi connectivity index (χ0) is 15.0. The van der Waals surface area contributed by atoms with Gasteiger partial charge in [-0.2, -0.15) is 0 Å². The molecule has 2 atom stereocenters. The molecule has 1 N–H and O–H groups in total. The molecule has 1 heterocycles. The van der Waals surface area contributed by atoms with Crippen molar-refractivity contribution in [1.29, 1.82) is 0 Å². The highest BCUT2D eigenvalue weighted by atomic mass is 16.5. The molecule has 0 unspecified atom stereocenters. The molecule has 1 aliphatic carbocycles. The van der Waals surface area contributed by atoms with Gasteiger partial charge in [0, 0.05) is 13.1 Å². The first-order chi connectivity index (χ1) is 10.1. The first-order valence-corrected chi connectivity index (χ1v) is 7.27. The number of methoxy groups -OCH3 is 1. The third kappa shape index (κ3) is 2.60. The van der Waals surface area contributed by atoms with Crippen LogP contribution in [0.2, 0.25) is 0 Å². The standard InChI is InChI=1S/C16H19NO4/c1-21-14-5-3-2-4-11(14)15(18)17-8-12(10-6-7-10)13(9-17)16(19)20/h2-5,10,12-13H,6-9H2,1H3,(H,19,20)/t12-,13+/m1/s1. The van der Waals surface area contributed by atoms with Crippen LogP contribution in [0.3, 0.4) is 0 Å². The van der Waals surface area contributed by atoms with E-state index in [0.29, 0.717) is 30.3 Å². The van der Waals surface area contributed by atoms with Gasteiger partial charge in [-0.05, 0) is 36.8 Å². The van der Waals surface area contributed by atoms with Crippen molar-refractivity contribution >= 4 is 11.9 Å². The number of hydrogen-bond donors (Lipinski definition) is 1. The molecular weight excluding hydrogens is 270 g/mol. The fourth-order valence-electron chi connectivity index (χ4n) is 3.25. The number of carbonyl (C=O) groups is 2. The summed E-state index contributed by atoms with van der Waals surface area (Å²) in [6.07, 6.45) is 2.18. The Balaban J connectivity index is 1.81. The van der Waals surface area contributed by atoms with Crippen molar-refractivity contribution in [2.75, 3.05) is 20.2 Å². The fourth-order valence-corrected chi connectivity index (χ4v) is 3.25. The topological polar surface area (TPSA) is 66.8 Å². The summed E-state index contributed by atoms with van der Waals surface area (Å²) >= 11 is 0. The summed E-state index contributed by atoms with van der Waals surface area (Å²) in [6, 6.07) is 7.07. The Morgan fingerprint density at radius 2 is 1.95 bits per heavy atom. The third-order valence-electron chi connectivity index (χ3n) is 4.53. The zero-order valence-electron chi connectivity index (χ0n) is 12.0. The number of carboxylic acids is 1. The Kier molecular flexibility index (Phi) is 3.57. The van der Waals surface area contributed by atoms with Gasteiger partial charge in [-0.1, -0.05) is 12.1 Å². The lowest BCUT2D eigenvalue weighted by molar-refractivity contribution is -0.142. The van der Waals surface area contributed by atoms with E-state index in [-0.39, 0.29) is 11.8 Å². The monoisotopic (exact) mass is 289 g/mol. The minimum absolute atomic E-state index is 0.0983. The van der Waals surface area contributed by atoms with Gasteiger partial charge in [0.1, 0.15) is 5.75 Å². The van der Waals surface area contributed by atoms with Gasteiger partial charge in [-0.3, -0.25) is 9.59 Å². The van der Waals surface area contributed by atoms with E-state index >= 15 is 0 Å². The lowest BCUT2D eigenvalue weighted by Gasteiger charge is -2.17. The second-order valence-electron chi connectivity index (χ2n) is 5.86. The van der Waals surface area contributed by atoms with Crippen molar-refractivity contribution in [1.82, 2.24) is 4.90 Å². The molecule has 5 heteroatoms. The molecule has 1 saturated carbocycles. The SMILES string of the molecule is COc1ccccc1C(=O)N1C[C@H](C(=O)O)[C@@H](C2CC2)C1. The summed E-state index contributed by atoms with van der Waals surface area (Å²) in [5.41, 5.74) is 0.501. The molecule has 0 spiro atoms. The summed E-state index contributed by atoms with van der Waals surface area (Å²) in [6.45, 7) is 0.839. The fraction of sp³-hybridized carbons (Fsp3) is 0.500. The van der Waals surface area contributed by atoms with Crippen molar-refractivity contribution in [3.05, 3.63) is 29.8 Å². The van der Waals surface area contributed by atoms with Crippen LogP contribution in [0.25, 0.3) is 0 Å². The number of aliphatic carboxylic acids is 1. The van der Waals surface area contributed by atoms with Crippen molar-refractivity contribution in [3.8, 4) is 5.75 Å². The maximum absolute atomic E-state index is 12.6. The molecule has 1 aromatic carbocycles. The Hall–Kier alpha value is -2.04. The van der Waals surface area contributed by atoms with Crippen molar-refractivity contribution in [3.63, 3.8) is 0 Å². The van der Waals surface area contributed by atoms with Crippen LogP contribution in [0.1, 0.15) is 23.2 Å². The molecule has 3 rings (SSSR count). The number of carbonyl (C=O) groups excluding carboxylic acids is 1. The van der Waals surface area contributed by atoms with Crippen LogP contribution in [0.4, 0.5) is 0 Å². The number of para-hydroxylation sites is 1. The van der Waals surface area contributed by atoms with Crippen LogP contribution in [-0.2, 0) is 4.79 Å². The Bertz CT molecular complexity index is 567. The van der Waals surface area contributed by atoms with Gasteiger partial charge in [0.05, 0.1) is 18.6 Å². The van der Waals surface area contributed by atoms with E-state index in [2.05, 4.69) is 0 Å². The second kappa shape index (κ2) is 5.39. The Labute approximate surface area is 123 Å². The first-order valence-electron chi connectivity index (χ1n) is 7.27. The average molecular weight is 289 g/mol. The van der Waals surface area contributed by atoms with E-state index in [1.165, 1.54) is 7.11 Å². The molecule has 1 amide bonds. The number of likely N-dealkylation sites (tertiary alicyclic amines) is 1. The molecule has 1 aromatic rings. The Morgan fingerprint density at radius 3 is 2.57 bits per heavy atom. The van der Waals surface area contributed by atoms with Gasteiger partial charge in [-0.25, -0.2) is 0 Å².